The highest BCUT2D eigenvalue weighted by molar-refractivity contribution is 5.95. The first kappa shape index (κ1) is 23.9. The Balaban J connectivity index is 1.35. The van der Waals surface area contributed by atoms with Gasteiger partial charge in [0.05, 0.1) is 5.92 Å². The van der Waals surface area contributed by atoms with Crippen molar-refractivity contribution in [3.8, 4) is 0 Å². The zero-order chi connectivity index (χ0) is 24.6. The minimum atomic E-state index is -1.13. The zero-order valence-electron chi connectivity index (χ0n) is 19.4. The summed E-state index contributed by atoms with van der Waals surface area (Å²) in [6, 6.07) is 20.0. The van der Waals surface area contributed by atoms with Gasteiger partial charge in [-0.05, 0) is 31.4 Å². The van der Waals surface area contributed by atoms with Crippen LogP contribution in [0.4, 0.5) is 5.82 Å². The molecule has 1 N–H and O–H groups in total. The number of nitrogens with zero attached hydrogens (tertiary/aromatic N) is 2. The number of aryl methyl sites for hydroxylation is 1. The predicted molar refractivity (Wildman–Crippen MR) is 130 cm³/mol. The van der Waals surface area contributed by atoms with Crippen LogP contribution in [-0.4, -0.2) is 40.9 Å². The highest BCUT2D eigenvalue weighted by Gasteiger charge is 2.32. The summed E-state index contributed by atoms with van der Waals surface area (Å²) in [6.07, 6.45) is 3.14. The quantitative estimate of drug-likeness (QED) is 0.408. The molecule has 8 heteroatoms. The number of carbonyl (C=O) groups excluding carboxylic acids is 3. The third-order valence-electron chi connectivity index (χ3n) is 5.81. The van der Waals surface area contributed by atoms with E-state index in [2.05, 4.69) is 10.5 Å². The van der Waals surface area contributed by atoms with Gasteiger partial charge >= 0.3 is 5.97 Å². The van der Waals surface area contributed by atoms with Gasteiger partial charge < -0.3 is 19.5 Å². The van der Waals surface area contributed by atoms with Gasteiger partial charge in [0.25, 0.3) is 5.91 Å². The second-order valence-corrected chi connectivity index (χ2v) is 8.38. The van der Waals surface area contributed by atoms with Crippen molar-refractivity contribution in [2.45, 2.75) is 25.9 Å². The number of piperidine rings is 1. The number of hydrogen-bond donors (Lipinski definition) is 1. The SMILES string of the molecule is Cc1cc(NC(=O)C(OC(=O)C2CCN(C(=O)/C=C/c3ccccc3)CC2)c2ccccc2)no1. The van der Waals surface area contributed by atoms with Crippen LogP contribution in [-0.2, 0) is 19.1 Å². The van der Waals surface area contributed by atoms with Gasteiger partial charge in [0.1, 0.15) is 5.76 Å². The van der Waals surface area contributed by atoms with Crippen LogP contribution in [0.2, 0.25) is 0 Å². The number of nitrogens with one attached hydrogen (secondary N) is 1. The van der Waals surface area contributed by atoms with E-state index in [9.17, 15) is 14.4 Å². The maximum atomic E-state index is 13.0. The van der Waals surface area contributed by atoms with E-state index in [0.717, 1.165) is 5.56 Å². The van der Waals surface area contributed by atoms with Crippen LogP contribution >= 0.6 is 0 Å². The fraction of sp³-hybridized carbons (Fsp3) is 0.259. The van der Waals surface area contributed by atoms with Crippen molar-refractivity contribution in [1.82, 2.24) is 10.1 Å². The lowest BCUT2D eigenvalue weighted by Crippen LogP contribution is -2.40. The zero-order valence-corrected chi connectivity index (χ0v) is 19.4. The van der Waals surface area contributed by atoms with Crippen LogP contribution in [0.1, 0.15) is 35.8 Å². The van der Waals surface area contributed by atoms with Gasteiger partial charge in [-0.3, -0.25) is 14.4 Å². The molecule has 0 aliphatic carbocycles. The summed E-state index contributed by atoms with van der Waals surface area (Å²) < 4.78 is 10.7. The molecule has 0 bridgehead atoms. The molecule has 3 aromatic rings. The van der Waals surface area contributed by atoms with Gasteiger partial charge in [0.2, 0.25) is 12.0 Å². The smallest absolute Gasteiger partial charge is 0.310 e. The molecule has 1 fully saturated rings. The van der Waals surface area contributed by atoms with E-state index in [1.54, 1.807) is 54.3 Å². The number of rotatable bonds is 7. The van der Waals surface area contributed by atoms with Crippen LogP contribution in [0.25, 0.3) is 6.08 Å². The fourth-order valence-corrected chi connectivity index (χ4v) is 3.90. The maximum Gasteiger partial charge on any atom is 0.310 e. The number of amides is 2. The van der Waals surface area contributed by atoms with E-state index in [1.807, 2.05) is 36.4 Å². The van der Waals surface area contributed by atoms with Crippen LogP contribution in [0, 0.1) is 12.8 Å². The van der Waals surface area contributed by atoms with E-state index < -0.39 is 23.9 Å². The van der Waals surface area contributed by atoms with Crippen molar-refractivity contribution in [2.75, 3.05) is 18.4 Å². The Morgan fingerprint density at radius 2 is 1.71 bits per heavy atom. The van der Waals surface area contributed by atoms with Crippen molar-refractivity contribution >= 4 is 29.7 Å². The van der Waals surface area contributed by atoms with Crippen molar-refractivity contribution in [3.05, 3.63) is 89.7 Å². The first-order valence-corrected chi connectivity index (χ1v) is 11.5. The summed E-state index contributed by atoms with van der Waals surface area (Å²) >= 11 is 0. The maximum absolute atomic E-state index is 13.0. The van der Waals surface area contributed by atoms with Crippen molar-refractivity contribution in [1.29, 1.82) is 0 Å². The Bertz CT molecular complexity index is 1180. The Hall–Kier alpha value is -4.20. The van der Waals surface area contributed by atoms with Gasteiger partial charge in [-0.1, -0.05) is 65.8 Å². The lowest BCUT2D eigenvalue weighted by molar-refractivity contribution is -0.160. The van der Waals surface area contributed by atoms with E-state index >= 15 is 0 Å². The highest BCUT2D eigenvalue weighted by atomic mass is 16.5. The molecule has 1 unspecified atom stereocenters. The molecule has 8 nitrogen and oxygen atoms in total. The molecule has 1 saturated heterocycles. The highest BCUT2D eigenvalue weighted by Crippen LogP contribution is 2.25. The molecule has 1 aliphatic rings. The molecule has 180 valence electrons. The van der Waals surface area contributed by atoms with Crippen LogP contribution in [0.15, 0.2) is 77.3 Å². The van der Waals surface area contributed by atoms with Crippen molar-refractivity contribution < 1.29 is 23.6 Å². The van der Waals surface area contributed by atoms with Crippen LogP contribution in [0.5, 0.6) is 0 Å². The minimum Gasteiger partial charge on any atom is -0.447 e. The topological polar surface area (TPSA) is 102 Å². The monoisotopic (exact) mass is 473 g/mol. The second-order valence-electron chi connectivity index (χ2n) is 8.38. The molecule has 35 heavy (non-hydrogen) atoms. The van der Waals surface area contributed by atoms with Gasteiger partial charge in [0.15, 0.2) is 5.82 Å². The molecular weight excluding hydrogens is 446 g/mol. The normalized spacial score (nSPS) is 15.1. The number of benzene rings is 2. The Morgan fingerprint density at radius 1 is 1.06 bits per heavy atom. The van der Waals surface area contributed by atoms with Crippen molar-refractivity contribution in [2.24, 2.45) is 5.92 Å². The molecule has 2 heterocycles. The molecule has 4 rings (SSSR count). The summed E-state index contributed by atoms with van der Waals surface area (Å²) in [5, 5.41) is 6.41. The third kappa shape index (κ3) is 6.44. The third-order valence-corrected chi connectivity index (χ3v) is 5.81. The molecule has 1 aromatic heterocycles. The summed E-state index contributed by atoms with van der Waals surface area (Å²) in [4.78, 5) is 40.2. The summed E-state index contributed by atoms with van der Waals surface area (Å²) in [5.41, 5.74) is 1.50. The standard InChI is InChI=1S/C27H27N3O5/c1-19-18-23(29-35-19)28-26(32)25(21-10-6-3-7-11-21)34-27(33)22-14-16-30(17-15-22)24(31)13-12-20-8-4-2-5-9-20/h2-13,18,22,25H,14-17H2,1H3,(H,28,29,32)/b13-12+. The summed E-state index contributed by atoms with van der Waals surface area (Å²) in [6.45, 7) is 2.60. The molecule has 2 amide bonds. The number of ether oxygens (including phenoxy) is 1. The fourth-order valence-electron chi connectivity index (χ4n) is 3.90. The van der Waals surface area contributed by atoms with E-state index in [1.165, 1.54) is 0 Å². The van der Waals surface area contributed by atoms with Gasteiger partial charge in [-0.25, -0.2) is 0 Å². The number of carbonyl (C=O) groups is 3. The average Bonchev–Trinajstić information content (AvgIpc) is 3.31. The molecule has 0 spiro atoms. The largest absolute Gasteiger partial charge is 0.447 e. The Kier molecular flexibility index (Phi) is 7.72. The number of anilines is 1. The molecule has 1 aliphatic heterocycles. The average molecular weight is 474 g/mol. The lowest BCUT2D eigenvalue weighted by atomic mass is 9.96. The Labute approximate surface area is 203 Å². The predicted octanol–water partition coefficient (Wildman–Crippen LogP) is 4.16. The van der Waals surface area contributed by atoms with E-state index in [-0.39, 0.29) is 11.7 Å². The molecule has 2 aromatic carbocycles. The molecule has 0 radical (unpaired) electrons. The number of likely N-dealkylation sites (tertiary alicyclic amines) is 1. The van der Waals surface area contributed by atoms with Crippen molar-refractivity contribution in [3.63, 3.8) is 0 Å². The van der Waals surface area contributed by atoms with Crippen LogP contribution < -0.4 is 5.32 Å². The first-order chi connectivity index (χ1) is 17.0. The lowest BCUT2D eigenvalue weighted by Gasteiger charge is -2.31. The molecule has 1 atom stereocenters. The van der Waals surface area contributed by atoms with Gasteiger partial charge in [0, 0.05) is 30.8 Å². The number of hydrogen-bond acceptors (Lipinski definition) is 6. The van der Waals surface area contributed by atoms with E-state index in [0.29, 0.717) is 37.3 Å². The second kappa shape index (κ2) is 11.3. The molecule has 0 saturated carbocycles. The molecular formula is C27H27N3O5. The summed E-state index contributed by atoms with van der Waals surface area (Å²) in [7, 11) is 0. The van der Waals surface area contributed by atoms with Gasteiger partial charge in [-0.2, -0.15) is 0 Å². The minimum absolute atomic E-state index is 0.0925. The summed E-state index contributed by atoms with van der Waals surface area (Å²) in [5.74, 6) is -0.669. The van der Waals surface area contributed by atoms with Gasteiger partial charge in [-0.15, -0.1) is 0 Å². The Morgan fingerprint density at radius 3 is 2.34 bits per heavy atom. The number of aromatic nitrogens is 1. The first-order valence-electron chi connectivity index (χ1n) is 11.5. The number of esters is 1. The van der Waals surface area contributed by atoms with Crippen LogP contribution in [0.3, 0.4) is 0 Å². The van der Waals surface area contributed by atoms with E-state index in [4.69, 9.17) is 9.26 Å².